The van der Waals surface area contributed by atoms with Gasteiger partial charge in [0.1, 0.15) is 11.4 Å². The summed E-state index contributed by atoms with van der Waals surface area (Å²) in [4.78, 5) is 0. The predicted octanol–water partition coefficient (Wildman–Crippen LogP) is 5.76. The number of hydrogen-bond donors (Lipinski definition) is 0. The minimum atomic E-state index is -0.0181. The van der Waals surface area contributed by atoms with Crippen molar-refractivity contribution in [3.8, 4) is 5.75 Å². The number of allylic oxidation sites excluding steroid dienone is 1. The maximum Gasteiger partial charge on any atom is 0.146 e. The zero-order chi connectivity index (χ0) is 16.4. The van der Waals surface area contributed by atoms with E-state index in [2.05, 4.69) is 55.3 Å². The van der Waals surface area contributed by atoms with Crippen LogP contribution in [0.25, 0.3) is 0 Å². The molecule has 1 aliphatic carbocycles. The molecule has 3 heteroatoms. The third kappa shape index (κ3) is 2.67. The molecule has 2 aromatic rings. The summed E-state index contributed by atoms with van der Waals surface area (Å²) in [6.07, 6.45) is 1.91. The molecule has 0 aromatic heterocycles. The zero-order valence-corrected chi connectivity index (χ0v) is 14.1. The lowest BCUT2D eigenvalue weighted by atomic mass is 9.82. The highest BCUT2D eigenvalue weighted by molar-refractivity contribution is 5.53. The van der Waals surface area contributed by atoms with Crippen molar-refractivity contribution in [2.24, 2.45) is 10.2 Å². The molecule has 3 nitrogen and oxygen atoms in total. The molecule has 3 rings (SSSR count). The van der Waals surface area contributed by atoms with Gasteiger partial charge >= 0.3 is 0 Å². The van der Waals surface area contributed by atoms with Gasteiger partial charge in [-0.25, -0.2) is 0 Å². The fourth-order valence-corrected chi connectivity index (χ4v) is 3.45. The van der Waals surface area contributed by atoms with Gasteiger partial charge in [0.15, 0.2) is 0 Å². The largest absolute Gasteiger partial charge is 0.494 e. The first-order valence-corrected chi connectivity index (χ1v) is 7.89. The minimum absolute atomic E-state index is 0.0181. The molecule has 0 saturated heterocycles. The smallest absolute Gasteiger partial charge is 0.146 e. The maximum atomic E-state index is 5.31. The summed E-state index contributed by atoms with van der Waals surface area (Å²) in [7, 11) is 1.64. The summed E-state index contributed by atoms with van der Waals surface area (Å²) in [5.74, 6) is 1.09. The van der Waals surface area contributed by atoms with Crippen molar-refractivity contribution in [2.75, 3.05) is 7.11 Å². The predicted molar refractivity (Wildman–Crippen MR) is 93.5 cm³/mol. The monoisotopic (exact) mass is 306 g/mol. The van der Waals surface area contributed by atoms with Gasteiger partial charge in [-0.1, -0.05) is 57.2 Å². The lowest BCUT2D eigenvalue weighted by molar-refractivity contribution is 0.416. The van der Waals surface area contributed by atoms with Gasteiger partial charge in [-0.2, -0.15) is 5.11 Å². The second-order valence-electron chi connectivity index (χ2n) is 6.41. The van der Waals surface area contributed by atoms with E-state index < -0.39 is 0 Å². The number of nitrogens with zero attached hydrogens (tertiary/aromatic N) is 2. The number of rotatable bonds is 3. The van der Waals surface area contributed by atoms with Gasteiger partial charge in [-0.05, 0) is 28.8 Å². The van der Waals surface area contributed by atoms with Crippen molar-refractivity contribution in [3.63, 3.8) is 0 Å². The van der Waals surface area contributed by atoms with E-state index >= 15 is 0 Å². The van der Waals surface area contributed by atoms with Gasteiger partial charge < -0.3 is 4.74 Å². The van der Waals surface area contributed by atoms with Gasteiger partial charge in [-0.3, -0.25) is 0 Å². The minimum Gasteiger partial charge on any atom is -0.494 e. The summed E-state index contributed by atoms with van der Waals surface area (Å²) in [5, 5.41) is 8.67. The van der Waals surface area contributed by atoms with Crippen molar-refractivity contribution in [3.05, 3.63) is 71.4 Å². The third-order valence-electron chi connectivity index (χ3n) is 4.74. The van der Waals surface area contributed by atoms with Gasteiger partial charge in [0.2, 0.25) is 0 Å². The zero-order valence-electron chi connectivity index (χ0n) is 14.1. The van der Waals surface area contributed by atoms with Crippen LogP contribution in [0.1, 0.15) is 37.8 Å². The molecule has 0 heterocycles. The number of methoxy groups -OCH3 is 1. The van der Waals surface area contributed by atoms with Crippen LogP contribution < -0.4 is 4.74 Å². The second-order valence-corrected chi connectivity index (χ2v) is 6.41. The van der Waals surface area contributed by atoms with Gasteiger partial charge in [-0.15, -0.1) is 5.11 Å². The van der Waals surface area contributed by atoms with Crippen LogP contribution >= 0.6 is 0 Å². The van der Waals surface area contributed by atoms with Crippen molar-refractivity contribution < 1.29 is 4.74 Å². The summed E-state index contributed by atoms with van der Waals surface area (Å²) in [5.41, 5.74) is 4.78. The molecule has 23 heavy (non-hydrogen) atoms. The maximum absolute atomic E-state index is 5.31. The number of para-hydroxylation sites is 1. The van der Waals surface area contributed by atoms with Crippen LogP contribution in [0.5, 0.6) is 5.75 Å². The van der Waals surface area contributed by atoms with E-state index in [1.54, 1.807) is 7.11 Å². The Morgan fingerprint density at radius 2 is 1.74 bits per heavy atom. The summed E-state index contributed by atoms with van der Waals surface area (Å²) >= 11 is 0. The van der Waals surface area contributed by atoms with Crippen LogP contribution in [0.4, 0.5) is 5.69 Å². The Kier molecular flexibility index (Phi) is 4.03. The summed E-state index contributed by atoms with van der Waals surface area (Å²) in [6, 6.07) is 16.3. The highest BCUT2D eigenvalue weighted by Crippen LogP contribution is 2.49. The number of hydrogen-bond acceptors (Lipinski definition) is 3. The third-order valence-corrected chi connectivity index (χ3v) is 4.74. The number of benzene rings is 2. The number of azo groups is 1. The Morgan fingerprint density at radius 3 is 2.48 bits per heavy atom. The van der Waals surface area contributed by atoms with Crippen LogP contribution in [-0.4, -0.2) is 7.11 Å². The van der Waals surface area contributed by atoms with Crippen molar-refractivity contribution in [1.82, 2.24) is 0 Å². The molecule has 0 bridgehead atoms. The number of fused-ring (bicyclic) bond motifs is 1. The summed E-state index contributed by atoms with van der Waals surface area (Å²) in [6.45, 7) is 6.73. The Labute approximate surface area is 137 Å². The molecule has 0 fully saturated rings. The first-order valence-electron chi connectivity index (χ1n) is 7.89. The van der Waals surface area contributed by atoms with Crippen LogP contribution in [0.3, 0.4) is 0 Å². The molecule has 0 N–H and O–H groups in total. The van der Waals surface area contributed by atoms with Gasteiger partial charge in [0.05, 0.1) is 13.3 Å². The molecular formula is C20H22N2O. The van der Waals surface area contributed by atoms with Gasteiger partial charge in [0, 0.05) is 11.3 Å². The van der Waals surface area contributed by atoms with E-state index in [4.69, 9.17) is 4.74 Å². The topological polar surface area (TPSA) is 34.0 Å². The Hall–Kier alpha value is -2.42. The standard InChI is InChI=1S/C20H22N2O/c1-14-15-9-5-6-10-16(15)20(2,3)17(14)13-21-22-18-11-7-8-12-19(18)23-4/h5-14H,1-4H3. The molecule has 2 aromatic carbocycles. The Bertz CT molecular complexity index is 775. The molecule has 0 spiro atoms. The molecule has 0 amide bonds. The van der Waals surface area contributed by atoms with E-state index in [1.165, 1.54) is 16.7 Å². The van der Waals surface area contributed by atoms with E-state index in [1.807, 2.05) is 30.5 Å². The normalized spacial score (nSPS) is 20.9. The Morgan fingerprint density at radius 1 is 1.04 bits per heavy atom. The SMILES string of the molecule is COc1ccccc1N=NC=C1C(C)c2ccccc2C1(C)C. The fourth-order valence-electron chi connectivity index (χ4n) is 3.45. The number of ether oxygens (including phenoxy) is 1. The van der Waals surface area contributed by atoms with Crippen molar-refractivity contribution >= 4 is 5.69 Å². The molecule has 118 valence electrons. The highest BCUT2D eigenvalue weighted by atomic mass is 16.5. The fraction of sp³-hybridized carbons (Fsp3) is 0.300. The molecule has 1 unspecified atom stereocenters. The molecule has 0 radical (unpaired) electrons. The molecule has 0 aliphatic heterocycles. The summed E-state index contributed by atoms with van der Waals surface area (Å²) < 4.78 is 5.31. The molecule has 1 atom stereocenters. The van der Waals surface area contributed by atoms with E-state index in [0.717, 1.165) is 11.4 Å². The molecular weight excluding hydrogens is 284 g/mol. The van der Waals surface area contributed by atoms with Crippen LogP contribution in [0.15, 0.2) is 70.5 Å². The van der Waals surface area contributed by atoms with Crippen LogP contribution in [0.2, 0.25) is 0 Å². The average Bonchev–Trinajstić information content (AvgIpc) is 2.76. The van der Waals surface area contributed by atoms with Crippen LogP contribution in [0, 0.1) is 0 Å². The van der Waals surface area contributed by atoms with Crippen molar-refractivity contribution in [2.45, 2.75) is 32.1 Å². The lowest BCUT2D eigenvalue weighted by Gasteiger charge is -2.22. The van der Waals surface area contributed by atoms with Crippen molar-refractivity contribution in [1.29, 1.82) is 0 Å². The van der Waals surface area contributed by atoms with Crippen LogP contribution in [-0.2, 0) is 5.41 Å². The van der Waals surface area contributed by atoms with Gasteiger partial charge in [0.25, 0.3) is 0 Å². The highest BCUT2D eigenvalue weighted by Gasteiger charge is 2.39. The van der Waals surface area contributed by atoms with E-state index in [-0.39, 0.29) is 5.41 Å². The first kappa shape index (κ1) is 15.5. The first-order chi connectivity index (χ1) is 11.1. The Balaban J connectivity index is 1.93. The average molecular weight is 306 g/mol. The van der Waals surface area contributed by atoms with E-state index in [9.17, 15) is 0 Å². The molecule has 0 saturated carbocycles. The lowest BCUT2D eigenvalue weighted by Crippen LogP contribution is -2.15. The second kappa shape index (κ2) is 5.99. The molecule has 1 aliphatic rings. The quantitative estimate of drug-likeness (QED) is 0.664. The van der Waals surface area contributed by atoms with E-state index in [0.29, 0.717) is 5.92 Å².